The van der Waals surface area contributed by atoms with Crippen LogP contribution in [0.15, 0.2) is 6.33 Å². The summed E-state index contributed by atoms with van der Waals surface area (Å²) in [4.78, 5) is 19.6. The van der Waals surface area contributed by atoms with Gasteiger partial charge in [0, 0.05) is 13.6 Å². The zero-order valence-electron chi connectivity index (χ0n) is 10.2. The van der Waals surface area contributed by atoms with Crippen LogP contribution in [0.3, 0.4) is 0 Å². The lowest BCUT2D eigenvalue weighted by Gasteiger charge is -2.19. The number of hydrazine groups is 1. The van der Waals surface area contributed by atoms with E-state index in [0.29, 0.717) is 13.0 Å². The van der Waals surface area contributed by atoms with Crippen LogP contribution in [0, 0.1) is 10.1 Å². The maximum Gasteiger partial charge on any atom is 0.354 e. The molecule has 0 spiro atoms. The molecular formula is C9H16N6O3. The summed E-state index contributed by atoms with van der Waals surface area (Å²) in [5.74, 6) is 5.29. The van der Waals surface area contributed by atoms with Crippen molar-refractivity contribution in [2.24, 2.45) is 5.84 Å². The van der Waals surface area contributed by atoms with E-state index in [2.05, 4.69) is 15.4 Å². The third-order valence-corrected chi connectivity index (χ3v) is 2.37. The van der Waals surface area contributed by atoms with Crippen LogP contribution in [0.4, 0.5) is 17.3 Å². The van der Waals surface area contributed by atoms with Crippen molar-refractivity contribution >= 4 is 17.3 Å². The van der Waals surface area contributed by atoms with Crippen LogP contribution in [0.25, 0.3) is 0 Å². The molecule has 18 heavy (non-hydrogen) atoms. The molecule has 1 aromatic heterocycles. The summed E-state index contributed by atoms with van der Waals surface area (Å²) in [6, 6.07) is 0. The van der Waals surface area contributed by atoms with Crippen molar-refractivity contribution in [2.75, 3.05) is 23.9 Å². The molecule has 1 unspecified atom stereocenters. The third kappa shape index (κ3) is 3.25. The van der Waals surface area contributed by atoms with Crippen LogP contribution < -0.4 is 16.2 Å². The fourth-order valence-corrected chi connectivity index (χ4v) is 1.41. The molecule has 0 radical (unpaired) electrons. The van der Waals surface area contributed by atoms with E-state index in [-0.39, 0.29) is 17.3 Å². The van der Waals surface area contributed by atoms with Crippen molar-refractivity contribution in [3.8, 4) is 0 Å². The van der Waals surface area contributed by atoms with E-state index in [1.165, 1.54) is 6.33 Å². The molecule has 9 nitrogen and oxygen atoms in total. The first-order valence-electron chi connectivity index (χ1n) is 5.32. The topological polar surface area (TPSA) is 130 Å². The number of nitrogens with two attached hydrogens (primary N) is 1. The van der Waals surface area contributed by atoms with Gasteiger partial charge in [0.15, 0.2) is 0 Å². The number of rotatable bonds is 6. The Bertz CT molecular complexity index is 425. The van der Waals surface area contributed by atoms with E-state index < -0.39 is 11.0 Å². The largest absolute Gasteiger partial charge is 0.393 e. The minimum Gasteiger partial charge on any atom is -0.393 e. The monoisotopic (exact) mass is 256 g/mol. The highest BCUT2D eigenvalue weighted by Crippen LogP contribution is 2.30. The first-order chi connectivity index (χ1) is 8.47. The van der Waals surface area contributed by atoms with Crippen LogP contribution in [-0.2, 0) is 0 Å². The lowest BCUT2D eigenvalue weighted by Crippen LogP contribution is -2.24. The van der Waals surface area contributed by atoms with Gasteiger partial charge in [-0.25, -0.2) is 15.8 Å². The van der Waals surface area contributed by atoms with Gasteiger partial charge in [0.2, 0.25) is 11.6 Å². The maximum absolute atomic E-state index is 11.0. The number of hydrogen-bond acceptors (Lipinski definition) is 8. The summed E-state index contributed by atoms with van der Waals surface area (Å²) in [6.45, 7) is 2.08. The second-order valence-corrected chi connectivity index (χ2v) is 3.86. The van der Waals surface area contributed by atoms with Gasteiger partial charge < -0.3 is 15.4 Å². The number of nitro groups is 1. The highest BCUT2D eigenvalue weighted by molar-refractivity contribution is 5.69. The summed E-state index contributed by atoms with van der Waals surface area (Å²) in [5, 5.41) is 20.2. The van der Waals surface area contributed by atoms with Gasteiger partial charge in [0.1, 0.15) is 6.33 Å². The lowest BCUT2D eigenvalue weighted by molar-refractivity contribution is -0.383. The van der Waals surface area contributed by atoms with Crippen LogP contribution in [0.5, 0.6) is 0 Å². The Hall–Kier alpha value is -2.00. The zero-order chi connectivity index (χ0) is 13.7. The van der Waals surface area contributed by atoms with Gasteiger partial charge in [-0.1, -0.05) is 0 Å². The molecule has 9 heteroatoms. The smallest absolute Gasteiger partial charge is 0.354 e. The number of aromatic nitrogens is 2. The molecule has 1 atom stereocenters. The second kappa shape index (κ2) is 6.07. The molecule has 1 heterocycles. The molecule has 0 aliphatic rings. The quantitative estimate of drug-likeness (QED) is 0.364. The predicted octanol–water partition coefficient (Wildman–Crippen LogP) is -0.122. The standard InChI is InChI=1S/C9H16N6O3/c1-6(16)3-4-14(2)9-7(15(17)18)8(13-10)11-5-12-9/h5-6,16H,3-4,10H2,1-2H3,(H,11,12,13). The van der Waals surface area contributed by atoms with Crippen molar-refractivity contribution < 1.29 is 10.0 Å². The minimum absolute atomic E-state index is 0.0473. The Kier molecular flexibility index (Phi) is 4.75. The van der Waals surface area contributed by atoms with Crippen molar-refractivity contribution in [1.82, 2.24) is 9.97 Å². The van der Waals surface area contributed by atoms with Gasteiger partial charge in [-0.05, 0) is 13.3 Å². The van der Waals surface area contributed by atoms with Gasteiger partial charge in [-0.2, -0.15) is 0 Å². The second-order valence-electron chi connectivity index (χ2n) is 3.86. The highest BCUT2D eigenvalue weighted by atomic mass is 16.6. The van der Waals surface area contributed by atoms with Crippen LogP contribution in [-0.4, -0.2) is 39.7 Å². The summed E-state index contributed by atoms with van der Waals surface area (Å²) in [7, 11) is 1.65. The predicted molar refractivity (Wildman–Crippen MR) is 66.1 cm³/mol. The van der Waals surface area contributed by atoms with Gasteiger partial charge in [-0.15, -0.1) is 0 Å². The highest BCUT2D eigenvalue weighted by Gasteiger charge is 2.24. The zero-order valence-corrected chi connectivity index (χ0v) is 10.2. The number of aliphatic hydroxyl groups excluding tert-OH is 1. The van der Waals surface area contributed by atoms with Gasteiger partial charge in [0.25, 0.3) is 0 Å². The number of aliphatic hydroxyl groups is 1. The first kappa shape index (κ1) is 14.1. The Morgan fingerprint density at radius 3 is 2.83 bits per heavy atom. The van der Waals surface area contributed by atoms with Gasteiger partial charge >= 0.3 is 5.69 Å². The number of hydrogen-bond donors (Lipinski definition) is 3. The molecule has 0 aromatic carbocycles. The van der Waals surface area contributed by atoms with E-state index in [1.807, 2.05) is 0 Å². The number of nitrogen functional groups attached to an aromatic ring is 1. The summed E-state index contributed by atoms with van der Waals surface area (Å²) < 4.78 is 0. The Morgan fingerprint density at radius 2 is 2.33 bits per heavy atom. The van der Waals surface area contributed by atoms with Crippen molar-refractivity contribution in [3.63, 3.8) is 0 Å². The van der Waals surface area contributed by atoms with E-state index >= 15 is 0 Å². The number of nitrogens with zero attached hydrogens (tertiary/aromatic N) is 4. The van der Waals surface area contributed by atoms with E-state index in [1.54, 1.807) is 18.9 Å². The Balaban J connectivity index is 3.03. The summed E-state index contributed by atoms with van der Waals surface area (Å²) >= 11 is 0. The van der Waals surface area contributed by atoms with Crippen molar-refractivity contribution in [2.45, 2.75) is 19.4 Å². The molecule has 0 bridgehead atoms. The van der Waals surface area contributed by atoms with Gasteiger partial charge in [-0.3, -0.25) is 10.1 Å². The van der Waals surface area contributed by atoms with E-state index in [4.69, 9.17) is 5.84 Å². The minimum atomic E-state index is -0.594. The SMILES string of the molecule is CC(O)CCN(C)c1ncnc(NN)c1[N+](=O)[O-]. The van der Waals surface area contributed by atoms with Gasteiger partial charge in [0.05, 0.1) is 11.0 Å². The molecule has 0 aliphatic carbocycles. The van der Waals surface area contributed by atoms with Crippen LogP contribution in [0.2, 0.25) is 0 Å². The average Bonchev–Trinajstić information content (AvgIpc) is 2.34. The lowest BCUT2D eigenvalue weighted by atomic mass is 10.2. The molecule has 1 aromatic rings. The normalized spacial score (nSPS) is 12.0. The first-order valence-corrected chi connectivity index (χ1v) is 5.32. The fraction of sp³-hybridized carbons (Fsp3) is 0.556. The number of anilines is 2. The molecule has 0 amide bonds. The average molecular weight is 256 g/mol. The maximum atomic E-state index is 11.0. The Labute approximate surface area is 104 Å². The van der Waals surface area contributed by atoms with Crippen LogP contribution >= 0.6 is 0 Å². The molecule has 0 aliphatic heterocycles. The van der Waals surface area contributed by atoms with Crippen LogP contribution in [0.1, 0.15) is 13.3 Å². The van der Waals surface area contributed by atoms with Crippen molar-refractivity contribution in [1.29, 1.82) is 0 Å². The van der Waals surface area contributed by atoms with E-state index in [9.17, 15) is 15.2 Å². The molecule has 0 saturated heterocycles. The molecule has 100 valence electrons. The number of nitrogens with one attached hydrogen (secondary N) is 1. The fourth-order valence-electron chi connectivity index (χ4n) is 1.41. The summed E-state index contributed by atoms with van der Waals surface area (Å²) in [5.41, 5.74) is 1.88. The molecule has 0 fully saturated rings. The molecule has 0 saturated carbocycles. The molecule has 1 rings (SSSR count). The van der Waals surface area contributed by atoms with Crippen molar-refractivity contribution in [3.05, 3.63) is 16.4 Å². The Morgan fingerprint density at radius 1 is 1.67 bits per heavy atom. The summed E-state index contributed by atoms with van der Waals surface area (Å²) in [6.07, 6.45) is 1.18. The third-order valence-electron chi connectivity index (χ3n) is 2.37. The molecule has 4 N–H and O–H groups in total. The van der Waals surface area contributed by atoms with E-state index in [0.717, 1.165) is 0 Å². The molecular weight excluding hydrogens is 240 g/mol.